The molecule has 0 radical (unpaired) electrons. The number of hydrogen-bond donors (Lipinski definition) is 0. The van der Waals surface area contributed by atoms with Crippen LogP contribution < -0.4 is 0 Å². The van der Waals surface area contributed by atoms with E-state index >= 15 is 0 Å². The molecule has 1 aromatic rings. The van der Waals surface area contributed by atoms with Gasteiger partial charge >= 0.3 is 0 Å². The molecule has 5 heteroatoms. The van der Waals surface area contributed by atoms with Crippen molar-refractivity contribution in [2.24, 2.45) is 0 Å². The van der Waals surface area contributed by atoms with E-state index in [0.29, 0.717) is 13.2 Å². The van der Waals surface area contributed by atoms with Crippen LogP contribution in [0, 0.1) is 0 Å². The van der Waals surface area contributed by atoms with Gasteiger partial charge in [0, 0.05) is 0 Å². The lowest BCUT2D eigenvalue weighted by Gasteiger charge is -2.45. The van der Waals surface area contributed by atoms with Crippen molar-refractivity contribution in [1.29, 1.82) is 0 Å². The predicted octanol–water partition coefficient (Wildman–Crippen LogP) is 3.70. The Bertz CT molecular complexity index is 531. The van der Waals surface area contributed by atoms with Crippen LogP contribution in [0.4, 0.5) is 0 Å². The molecule has 1 aromatic carbocycles. The molecular weight excluding hydrogens is 407 g/mol. The van der Waals surface area contributed by atoms with Crippen LogP contribution in [0.3, 0.4) is 0 Å². The minimum Gasteiger partial charge on any atom is -0.374 e. The maximum absolute atomic E-state index is 6.29. The highest BCUT2D eigenvalue weighted by Gasteiger charge is 2.56. The molecule has 2 aliphatic heterocycles. The van der Waals surface area contributed by atoms with Gasteiger partial charge < -0.3 is 18.9 Å². The Hall–Kier alpha value is -0.210. The van der Waals surface area contributed by atoms with Crippen LogP contribution >= 0.6 is 22.6 Å². The molecule has 0 unspecified atom stereocenters. The zero-order chi connectivity index (χ0) is 16.7. The Balaban J connectivity index is 1.65. The second kappa shape index (κ2) is 6.59. The molecule has 128 valence electrons. The van der Waals surface area contributed by atoms with Crippen molar-refractivity contribution in [1.82, 2.24) is 0 Å². The van der Waals surface area contributed by atoms with Crippen molar-refractivity contribution in [3.63, 3.8) is 0 Å². The van der Waals surface area contributed by atoms with Crippen molar-refractivity contribution >= 4 is 22.6 Å². The number of rotatable bonds is 4. The summed E-state index contributed by atoms with van der Waals surface area (Å²) >= 11 is 2.42. The first-order valence-electron chi connectivity index (χ1n) is 8.08. The second-order valence-corrected chi connectivity index (χ2v) is 8.57. The zero-order valence-electron chi connectivity index (χ0n) is 14.1. The van der Waals surface area contributed by atoms with Gasteiger partial charge in [-0.2, -0.15) is 0 Å². The molecule has 0 aromatic heterocycles. The normalized spacial score (nSPS) is 35.0. The molecule has 23 heavy (non-hydrogen) atoms. The molecule has 0 amide bonds. The standard InChI is InChI=1S/C18H25IO4/c1-17(2)16(19)15-14(22-18(3,4)23-15)13(21-17)11-20-10-12-8-6-5-7-9-12/h5-9,13-16H,10-11H2,1-4H3/t13-,14-,15-,16+/m1/s1. The first kappa shape index (κ1) is 17.6. The van der Waals surface area contributed by atoms with Gasteiger partial charge in [0.2, 0.25) is 0 Å². The smallest absolute Gasteiger partial charge is 0.163 e. The van der Waals surface area contributed by atoms with Crippen molar-refractivity contribution < 1.29 is 18.9 Å². The van der Waals surface area contributed by atoms with E-state index in [1.54, 1.807) is 0 Å². The summed E-state index contributed by atoms with van der Waals surface area (Å²) < 4.78 is 24.7. The summed E-state index contributed by atoms with van der Waals surface area (Å²) in [4.78, 5) is 0. The van der Waals surface area contributed by atoms with Gasteiger partial charge in [0.05, 0.1) is 22.7 Å². The van der Waals surface area contributed by atoms with Gasteiger partial charge in [0.15, 0.2) is 5.79 Å². The lowest BCUT2D eigenvalue weighted by Crippen LogP contribution is -2.59. The molecule has 4 atom stereocenters. The summed E-state index contributed by atoms with van der Waals surface area (Å²) in [5.41, 5.74) is 0.890. The maximum atomic E-state index is 6.29. The molecule has 2 fully saturated rings. The van der Waals surface area contributed by atoms with Gasteiger partial charge in [-0.3, -0.25) is 0 Å². The third-order valence-electron chi connectivity index (χ3n) is 4.33. The van der Waals surface area contributed by atoms with Crippen LogP contribution in [-0.2, 0) is 25.6 Å². The SMILES string of the molecule is CC1(C)O[C@@H]2[C@H](O1)[C@@H](COCc1ccccc1)OC(C)(C)[C@H]2I. The minimum absolute atomic E-state index is 0.0275. The van der Waals surface area contributed by atoms with E-state index in [1.807, 2.05) is 32.0 Å². The maximum Gasteiger partial charge on any atom is 0.163 e. The molecule has 4 nitrogen and oxygen atoms in total. The third-order valence-corrected chi connectivity index (χ3v) is 6.54. The number of hydrogen-bond acceptors (Lipinski definition) is 4. The van der Waals surface area contributed by atoms with Crippen LogP contribution in [0.25, 0.3) is 0 Å². The summed E-state index contributed by atoms with van der Waals surface area (Å²) in [7, 11) is 0. The Kier molecular flexibility index (Phi) is 5.05. The number of ether oxygens (including phenoxy) is 4. The lowest BCUT2D eigenvalue weighted by molar-refractivity contribution is -0.189. The van der Waals surface area contributed by atoms with Gasteiger partial charge in [0.25, 0.3) is 0 Å². The van der Waals surface area contributed by atoms with E-state index < -0.39 is 5.79 Å². The lowest BCUT2D eigenvalue weighted by atomic mass is 9.90. The van der Waals surface area contributed by atoms with E-state index in [-0.39, 0.29) is 27.8 Å². The van der Waals surface area contributed by atoms with Crippen LogP contribution in [-0.4, -0.2) is 40.2 Å². The molecule has 0 bridgehead atoms. The molecule has 2 aliphatic rings. The van der Waals surface area contributed by atoms with Crippen LogP contribution in [0.2, 0.25) is 0 Å². The van der Waals surface area contributed by atoms with Gasteiger partial charge in [0.1, 0.15) is 18.3 Å². The van der Waals surface area contributed by atoms with E-state index in [4.69, 9.17) is 18.9 Å². The fourth-order valence-electron chi connectivity index (χ4n) is 3.24. The zero-order valence-corrected chi connectivity index (χ0v) is 16.3. The summed E-state index contributed by atoms with van der Waals surface area (Å²) in [6.07, 6.45) is -0.179. The first-order valence-corrected chi connectivity index (χ1v) is 9.32. The Morgan fingerprint density at radius 2 is 1.65 bits per heavy atom. The predicted molar refractivity (Wildman–Crippen MR) is 96.7 cm³/mol. The molecule has 2 heterocycles. The molecule has 0 N–H and O–H groups in total. The van der Waals surface area contributed by atoms with Crippen molar-refractivity contribution in [2.45, 2.75) is 67.9 Å². The Morgan fingerprint density at radius 3 is 2.35 bits per heavy atom. The van der Waals surface area contributed by atoms with Gasteiger partial charge in [-0.05, 0) is 33.3 Å². The van der Waals surface area contributed by atoms with E-state index in [2.05, 4.69) is 48.6 Å². The summed E-state index contributed by atoms with van der Waals surface area (Å²) in [5.74, 6) is -0.569. The molecule has 2 saturated heterocycles. The van der Waals surface area contributed by atoms with Crippen LogP contribution in [0.1, 0.15) is 33.3 Å². The third kappa shape index (κ3) is 3.90. The number of benzene rings is 1. The quantitative estimate of drug-likeness (QED) is 0.537. The highest BCUT2D eigenvalue weighted by molar-refractivity contribution is 14.1. The Morgan fingerprint density at radius 1 is 1.00 bits per heavy atom. The summed E-state index contributed by atoms with van der Waals surface area (Å²) in [5, 5.41) is 0. The van der Waals surface area contributed by atoms with Gasteiger partial charge in [-0.25, -0.2) is 0 Å². The molecule has 0 spiro atoms. The highest BCUT2D eigenvalue weighted by atomic mass is 127. The largest absolute Gasteiger partial charge is 0.374 e. The fraction of sp³-hybridized carbons (Fsp3) is 0.667. The average molecular weight is 432 g/mol. The summed E-state index contributed by atoms with van der Waals surface area (Å²) in [6, 6.07) is 10.2. The summed E-state index contributed by atoms with van der Waals surface area (Å²) in [6.45, 7) is 9.23. The van der Waals surface area contributed by atoms with Crippen LogP contribution in [0.15, 0.2) is 30.3 Å². The van der Waals surface area contributed by atoms with E-state index in [9.17, 15) is 0 Å². The average Bonchev–Trinajstić information content (AvgIpc) is 2.81. The topological polar surface area (TPSA) is 36.9 Å². The van der Waals surface area contributed by atoms with Crippen LogP contribution in [0.5, 0.6) is 0 Å². The number of fused-ring (bicyclic) bond motifs is 1. The van der Waals surface area contributed by atoms with E-state index in [1.165, 1.54) is 0 Å². The van der Waals surface area contributed by atoms with Crippen molar-refractivity contribution in [3.8, 4) is 0 Å². The molecule has 0 saturated carbocycles. The second-order valence-electron chi connectivity index (χ2n) is 7.23. The molecule has 3 rings (SSSR count). The molecular formula is C18H25IO4. The molecule has 0 aliphatic carbocycles. The Labute approximate surface area is 152 Å². The minimum atomic E-state index is -0.569. The monoisotopic (exact) mass is 432 g/mol. The van der Waals surface area contributed by atoms with E-state index in [0.717, 1.165) is 5.56 Å². The van der Waals surface area contributed by atoms with Gasteiger partial charge in [-0.15, -0.1) is 0 Å². The number of alkyl halides is 1. The highest BCUT2D eigenvalue weighted by Crippen LogP contribution is 2.44. The van der Waals surface area contributed by atoms with Crippen molar-refractivity contribution in [2.75, 3.05) is 6.61 Å². The van der Waals surface area contributed by atoms with Crippen molar-refractivity contribution in [3.05, 3.63) is 35.9 Å². The van der Waals surface area contributed by atoms with Gasteiger partial charge in [-0.1, -0.05) is 52.9 Å². The number of halogens is 1. The fourth-order valence-corrected chi connectivity index (χ4v) is 3.95. The first-order chi connectivity index (χ1) is 10.8.